The monoisotopic (exact) mass is 187 g/mol. The number of carbonyl (C=O) groups is 1. The number of hydrogen-bond donors (Lipinski definition) is 1. The molecule has 0 atom stereocenters. The average Bonchev–Trinajstić information content (AvgIpc) is 1.96. The Morgan fingerprint density at radius 1 is 1.62 bits per heavy atom. The Balaban J connectivity index is 2.44. The highest BCUT2D eigenvalue weighted by Gasteiger charge is 2.46. The molecule has 1 fully saturated rings. The largest absolute Gasteiger partial charge is 0.481 e. The van der Waals surface area contributed by atoms with Crippen molar-refractivity contribution in [1.82, 2.24) is 4.90 Å². The van der Waals surface area contributed by atoms with Crippen molar-refractivity contribution >= 4 is 5.97 Å². The van der Waals surface area contributed by atoms with Gasteiger partial charge in [0, 0.05) is 6.54 Å². The van der Waals surface area contributed by atoms with Gasteiger partial charge < -0.3 is 14.7 Å². The Bertz CT molecular complexity index is 189. The fraction of sp³-hybridized carbons (Fsp3) is 0.889. The normalized spacial score (nSPS) is 19.9. The highest BCUT2D eigenvalue weighted by Crippen LogP contribution is 2.28. The van der Waals surface area contributed by atoms with Gasteiger partial charge in [-0.25, -0.2) is 0 Å². The van der Waals surface area contributed by atoms with Crippen LogP contribution in [0.25, 0.3) is 0 Å². The van der Waals surface area contributed by atoms with Crippen LogP contribution < -0.4 is 0 Å². The van der Waals surface area contributed by atoms with Gasteiger partial charge in [0.15, 0.2) is 0 Å². The Morgan fingerprint density at radius 2 is 2.23 bits per heavy atom. The van der Waals surface area contributed by atoms with E-state index in [0.29, 0.717) is 19.8 Å². The fourth-order valence-electron chi connectivity index (χ4n) is 1.61. The molecule has 0 bridgehead atoms. The van der Waals surface area contributed by atoms with Gasteiger partial charge >= 0.3 is 5.97 Å². The first kappa shape index (κ1) is 10.5. The zero-order valence-corrected chi connectivity index (χ0v) is 8.25. The lowest BCUT2D eigenvalue weighted by atomic mass is 9.85. The molecule has 1 heterocycles. The van der Waals surface area contributed by atoms with Crippen molar-refractivity contribution < 1.29 is 14.6 Å². The second-order valence-electron chi connectivity index (χ2n) is 3.82. The molecular formula is C9H17NO3. The maximum Gasteiger partial charge on any atom is 0.315 e. The van der Waals surface area contributed by atoms with Crippen LogP contribution in [0.5, 0.6) is 0 Å². The van der Waals surface area contributed by atoms with E-state index in [2.05, 4.69) is 11.8 Å². The topological polar surface area (TPSA) is 49.8 Å². The summed E-state index contributed by atoms with van der Waals surface area (Å²) in [6.45, 7) is 4.33. The number of hydrogen-bond acceptors (Lipinski definition) is 3. The predicted octanol–water partition coefficient (Wildman–Crippen LogP) is 0.429. The van der Waals surface area contributed by atoms with Gasteiger partial charge in [-0.2, -0.15) is 0 Å². The number of nitrogens with zero attached hydrogens (tertiary/aromatic N) is 1. The van der Waals surface area contributed by atoms with Crippen molar-refractivity contribution in [1.29, 1.82) is 0 Å². The molecule has 1 aliphatic rings. The van der Waals surface area contributed by atoms with Gasteiger partial charge in [0.25, 0.3) is 0 Å². The Morgan fingerprint density at radius 3 is 2.54 bits per heavy atom. The summed E-state index contributed by atoms with van der Waals surface area (Å²) in [6, 6.07) is 0. The summed E-state index contributed by atoms with van der Waals surface area (Å²) in [7, 11) is 1.95. The first-order chi connectivity index (χ1) is 6.10. The lowest BCUT2D eigenvalue weighted by Crippen LogP contribution is -2.55. The molecule has 76 valence electrons. The summed E-state index contributed by atoms with van der Waals surface area (Å²) in [6.07, 6.45) is 1.05. The van der Waals surface area contributed by atoms with Crippen molar-refractivity contribution in [3.8, 4) is 0 Å². The van der Waals surface area contributed by atoms with Crippen LogP contribution in [0.4, 0.5) is 0 Å². The van der Waals surface area contributed by atoms with Crippen LogP contribution in [0.15, 0.2) is 0 Å². The van der Waals surface area contributed by atoms with E-state index < -0.39 is 11.4 Å². The molecule has 4 heteroatoms. The van der Waals surface area contributed by atoms with Crippen LogP contribution in [0.3, 0.4) is 0 Å². The van der Waals surface area contributed by atoms with E-state index in [9.17, 15) is 4.79 Å². The van der Waals surface area contributed by atoms with Crippen molar-refractivity contribution in [3.63, 3.8) is 0 Å². The Labute approximate surface area is 78.5 Å². The zero-order chi connectivity index (χ0) is 9.90. The molecule has 0 aliphatic carbocycles. The molecule has 0 amide bonds. The van der Waals surface area contributed by atoms with Crippen LogP contribution in [0, 0.1) is 5.41 Å². The molecule has 0 aromatic heterocycles. The van der Waals surface area contributed by atoms with E-state index >= 15 is 0 Å². The van der Waals surface area contributed by atoms with Crippen LogP contribution in [-0.4, -0.2) is 49.3 Å². The molecule has 0 aromatic rings. The van der Waals surface area contributed by atoms with E-state index in [1.807, 2.05) is 7.05 Å². The van der Waals surface area contributed by atoms with E-state index in [0.717, 1.165) is 13.0 Å². The molecule has 1 aliphatic heterocycles. The van der Waals surface area contributed by atoms with Crippen LogP contribution in [0.2, 0.25) is 0 Å². The highest BCUT2D eigenvalue weighted by atomic mass is 16.5. The van der Waals surface area contributed by atoms with Crippen molar-refractivity contribution in [2.45, 2.75) is 13.3 Å². The van der Waals surface area contributed by atoms with Crippen molar-refractivity contribution in [2.75, 3.05) is 33.4 Å². The van der Waals surface area contributed by atoms with Gasteiger partial charge in [0.2, 0.25) is 0 Å². The lowest BCUT2D eigenvalue weighted by molar-refractivity contribution is -0.182. The van der Waals surface area contributed by atoms with E-state index in [1.165, 1.54) is 0 Å². The quantitative estimate of drug-likeness (QED) is 0.678. The van der Waals surface area contributed by atoms with Crippen LogP contribution in [-0.2, 0) is 9.53 Å². The molecule has 1 N–H and O–H groups in total. The minimum atomic E-state index is -0.735. The van der Waals surface area contributed by atoms with E-state index in [4.69, 9.17) is 9.84 Å². The standard InChI is InChI=1S/C9H17NO3/c1-3-4-10(2)5-9(8(11)12)6-13-7-9/h3-7H2,1-2H3,(H,11,12). The number of rotatable bonds is 5. The Hall–Kier alpha value is -0.610. The van der Waals surface area contributed by atoms with E-state index in [1.54, 1.807) is 0 Å². The zero-order valence-electron chi connectivity index (χ0n) is 8.25. The molecule has 1 rings (SSSR count). The first-order valence-electron chi connectivity index (χ1n) is 4.60. The minimum absolute atomic E-state index is 0.358. The second-order valence-corrected chi connectivity index (χ2v) is 3.82. The molecule has 0 aromatic carbocycles. The minimum Gasteiger partial charge on any atom is -0.481 e. The lowest BCUT2D eigenvalue weighted by Gasteiger charge is -2.39. The Kier molecular flexibility index (Phi) is 3.27. The summed E-state index contributed by atoms with van der Waals surface area (Å²) in [5, 5.41) is 8.99. The van der Waals surface area contributed by atoms with Gasteiger partial charge in [-0.05, 0) is 20.0 Å². The third-order valence-corrected chi connectivity index (χ3v) is 2.39. The molecule has 1 saturated heterocycles. The van der Waals surface area contributed by atoms with Gasteiger partial charge in [-0.3, -0.25) is 4.79 Å². The number of carboxylic acid groups (broad SMARTS) is 1. The fourth-order valence-corrected chi connectivity index (χ4v) is 1.61. The second kappa shape index (κ2) is 4.07. The summed E-state index contributed by atoms with van der Waals surface area (Å²) in [4.78, 5) is 13.0. The average molecular weight is 187 g/mol. The van der Waals surface area contributed by atoms with Crippen molar-refractivity contribution in [2.24, 2.45) is 5.41 Å². The summed E-state index contributed by atoms with van der Waals surface area (Å²) >= 11 is 0. The summed E-state index contributed by atoms with van der Waals surface area (Å²) in [5.74, 6) is -0.735. The summed E-state index contributed by atoms with van der Waals surface area (Å²) in [5.41, 5.74) is -0.635. The maximum absolute atomic E-state index is 10.9. The third-order valence-electron chi connectivity index (χ3n) is 2.39. The predicted molar refractivity (Wildman–Crippen MR) is 48.7 cm³/mol. The molecule has 4 nitrogen and oxygen atoms in total. The van der Waals surface area contributed by atoms with Gasteiger partial charge in [0.05, 0.1) is 13.2 Å². The molecule has 0 spiro atoms. The number of aliphatic carboxylic acids is 1. The number of ether oxygens (including phenoxy) is 1. The van der Waals surface area contributed by atoms with Gasteiger partial charge in [-0.15, -0.1) is 0 Å². The number of carboxylic acids is 1. The van der Waals surface area contributed by atoms with Gasteiger partial charge in [-0.1, -0.05) is 6.92 Å². The van der Waals surface area contributed by atoms with Crippen LogP contribution in [0.1, 0.15) is 13.3 Å². The van der Waals surface area contributed by atoms with E-state index in [-0.39, 0.29) is 0 Å². The smallest absolute Gasteiger partial charge is 0.315 e. The third kappa shape index (κ3) is 2.19. The van der Waals surface area contributed by atoms with Gasteiger partial charge in [0.1, 0.15) is 5.41 Å². The first-order valence-corrected chi connectivity index (χ1v) is 4.60. The van der Waals surface area contributed by atoms with Crippen LogP contribution >= 0.6 is 0 Å². The maximum atomic E-state index is 10.9. The molecule has 13 heavy (non-hydrogen) atoms. The molecular weight excluding hydrogens is 170 g/mol. The molecule has 0 unspecified atom stereocenters. The molecule has 0 radical (unpaired) electrons. The SMILES string of the molecule is CCCN(C)CC1(C(=O)O)COC1. The summed E-state index contributed by atoms with van der Waals surface area (Å²) < 4.78 is 4.97. The molecule has 0 saturated carbocycles. The highest BCUT2D eigenvalue weighted by molar-refractivity contribution is 5.76. The van der Waals surface area contributed by atoms with Crippen molar-refractivity contribution in [3.05, 3.63) is 0 Å².